The molecule has 3 nitrogen and oxygen atoms in total. The molecule has 1 amide bonds. The zero-order valence-corrected chi connectivity index (χ0v) is 20.9. The number of piperidine rings is 1. The van der Waals surface area contributed by atoms with Crippen molar-refractivity contribution in [2.75, 3.05) is 13.1 Å². The van der Waals surface area contributed by atoms with Gasteiger partial charge >= 0.3 is 0 Å². The van der Waals surface area contributed by atoms with Crippen LogP contribution in [0.2, 0.25) is 0 Å². The average Bonchev–Trinajstić information content (AvgIpc) is 3.06. The maximum Gasteiger partial charge on any atom is 0.253 e. The zero-order chi connectivity index (χ0) is 24.3. The van der Waals surface area contributed by atoms with Crippen LogP contribution < -0.4 is 5.32 Å². The van der Waals surface area contributed by atoms with E-state index in [2.05, 4.69) is 71.1 Å². The van der Waals surface area contributed by atoms with E-state index in [0.29, 0.717) is 0 Å². The van der Waals surface area contributed by atoms with Crippen LogP contribution >= 0.6 is 0 Å². The molecule has 0 bridgehead atoms. The maximum atomic E-state index is 12.9. The molecule has 0 atom stereocenters. The number of allylic oxidation sites excluding steroid dienone is 9. The summed E-state index contributed by atoms with van der Waals surface area (Å²) in [5.41, 5.74) is 11.1. The Morgan fingerprint density at radius 3 is 2.80 bits per heavy atom. The number of fused-ring (bicyclic) bond motifs is 2. The molecule has 2 heterocycles. The molecule has 0 aromatic heterocycles. The van der Waals surface area contributed by atoms with Crippen molar-refractivity contribution in [1.82, 2.24) is 10.2 Å². The van der Waals surface area contributed by atoms with E-state index in [1.54, 1.807) is 0 Å². The SMILES string of the molecule is C=C(/C=C\C=C/C)CC1=CCC2(CCN(C3=C=CC4=C(CCCC4)C(=O)N3)CC2)c2ccccc21. The van der Waals surface area contributed by atoms with Gasteiger partial charge in [-0.2, -0.15) is 0 Å². The highest BCUT2D eigenvalue weighted by Crippen LogP contribution is 2.47. The molecule has 0 radical (unpaired) electrons. The summed E-state index contributed by atoms with van der Waals surface area (Å²) >= 11 is 0. The second-order valence-corrected chi connectivity index (χ2v) is 10.3. The van der Waals surface area contributed by atoms with Gasteiger partial charge in [0.2, 0.25) is 0 Å². The first-order chi connectivity index (χ1) is 17.1. The third-order valence-electron chi connectivity index (χ3n) is 8.07. The van der Waals surface area contributed by atoms with Crippen LogP contribution in [-0.2, 0) is 10.2 Å². The van der Waals surface area contributed by atoms with Gasteiger partial charge in [-0.1, -0.05) is 72.5 Å². The van der Waals surface area contributed by atoms with Gasteiger partial charge in [0.25, 0.3) is 5.91 Å². The fraction of sp³-hybridized carbons (Fsp3) is 0.375. The zero-order valence-electron chi connectivity index (χ0n) is 20.9. The van der Waals surface area contributed by atoms with Gasteiger partial charge in [0.15, 0.2) is 5.82 Å². The third kappa shape index (κ3) is 4.79. The first-order valence-electron chi connectivity index (χ1n) is 13.1. The first-order valence-corrected chi connectivity index (χ1v) is 13.1. The summed E-state index contributed by atoms with van der Waals surface area (Å²) < 4.78 is 0. The van der Waals surface area contributed by atoms with Crippen molar-refractivity contribution >= 4 is 11.5 Å². The van der Waals surface area contributed by atoms with Crippen LogP contribution in [-0.4, -0.2) is 23.9 Å². The molecule has 180 valence electrons. The molecular weight excluding hydrogens is 428 g/mol. The second kappa shape index (κ2) is 10.1. The number of amides is 1. The van der Waals surface area contributed by atoms with Crippen LogP contribution in [0.3, 0.4) is 0 Å². The van der Waals surface area contributed by atoms with E-state index in [9.17, 15) is 4.79 Å². The highest BCUT2D eigenvalue weighted by molar-refractivity contribution is 5.96. The van der Waals surface area contributed by atoms with Crippen molar-refractivity contribution in [2.45, 2.75) is 63.7 Å². The second-order valence-electron chi connectivity index (χ2n) is 10.3. The van der Waals surface area contributed by atoms with Crippen LogP contribution in [0.15, 0.2) is 95.6 Å². The smallest absolute Gasteiger partial charge is 0.253 e. The average molecular weight is 465 g/mol. The van der Waals surface area contributed by atoms with Crippen LogP contribution in [0.5, 0.6) is 0 Å². The molecule has 1 fully saturated rings. The lowest BCUT2D eigenvalue weighted by molar-refractivity contribution is -0.117. The molecule has 2 aliphatic carbocycles. The number of hydrogen-bond donors (Lipinski definition) is 1. The normalized spacial score (nSPS) is 21.5. The van der Waals surface area contributed by atoms with Gasteiger partial charge in [0.05, 0.1) is 0 Å². The number of nitrogens with one attached hydrogen (secondary N) is 1. The lowest BCUT2D eigenvalue weighted by Gasteiger charge is -2.45. The Morgan fingerprint density at radius 2 is 1.97 bits per heavy atom. The summed E-state index contributed by atoms with van der Waals surface area (Å²) in [6, 6.07) is 8.96. The van der Waals surface area contributed by atoms with Crippen LogP contribution in [0.25, 0.3) is 5.57 Å². The fourth-order valence-corrected chi connectivity index (χ4v) is 6.06. The Balaban J connectivity index is 1.32. The predicted molar refractivity (Wildman–Crippen MR) is 144 cm³/mol. The molecular formula is C32H36N2O. The van der Waals surface area contributed by atoms with Crippen molar-refractivity contribution in [3.8, 4) is 0 Å². The van der Waals surface area contributed by atoms with Gasteiger partial charge in [-0.3, -0.25) is 4.79 Å². The largest absolute Gasteiger partial charge is 0.351 e. The predicted octanol–water partition coefficient (Wildman–Crippen LogP) is 6.88. The molecule has 1 aromatic carbocycles. The van der Waals surface area contributed by atoms with E-state index in [1.807, 2.05) is 19.1 Å². The van der Waals surface area contributed by atoms with Crippen molar-refractivity contribution in [2.24, 2.45) is 0 Å². The van der Waals surface area contributed by atoms with E-state index >= 15 is 0 Å². The van der Waals surface area contributed by atoms with Crippen LogP contribution in [0.1, 0.15) is 69.4 Å². The number of hydrogen-bond acceptors (Lipinski definition) is 2. The van der Waals surface area contributed by atoms with Gasteiger partial charge < -0.3 is 10.2 Å². The molecule has 4 aliphatic rings. The highest BCUT2D eigenvalue weighted by Gasteiger charge is 2.40. The summed E-state index contributed by atoms with van der Waals surface area (Å²) in [5, 5.41) is 3.18. The molecule has 35 heavy (non-hydrogen) atoms. The summed E-state index contributed by atoms with van der Waals surface area (Å²) in [4.78, 5) is 15.2. The summed E-state index contributed by atoms with van der Waals surface area (Å²) in [6.45, 7) is 8.16. The molecule has 0 saturated carbocycles. The molecule has 1 N–H and O–H groups in total. The van der Waals surface area contributed by atoms with Crippen molar-refractivity contribution in [3.05, 3.63) is 107 Å². The monoisotopic (exact) mass is 464 g/mol. The Labute approximate surface area is 210 Å². The minimum Gasteiger partial charge on any atom is -0.351 e. The van der Waals surface area contributed by atoms with Crippen molar-refractivity contribution in [1.29, 1.82) is 0 Å². The topological polar surface area (TPSA) is 32.3 Å². The molecule has 3 heteroatoms. The number of carbonyl (C=O) groups excluding carboxylic acids is 1. The number of carbonyl (C=O) groups is 1. The first kappa shape index (κ1) is 23.5. The van der Waals surface area contributed by atoms with Gasteiger partial charge in [-0.05, 0) is 86.6 Å². The van der Waals surface area contributed by atoms with Gasteiger partial charge in [0.1, 0.15) is 0 Å². The van der Waals surface area contributed by atoms with E-state index < -0.39 is 0 Å². The molecule has 1 saturated heterocycles. The fourth-order valence-electron chi connectivity index (χ4n) is 6.06. The summed E-state index contributed by atoms with van der Waals surface area (Å²) in [5.74, 6) is 0.930. The highest BCUT2D eigenvalue weighted by atomic mass is 16.1. The van der Waals surface area contributed by atoms with Crippen LogP contribution in [0, 0.1) is 0 Å². The Kier molecular flexibility index (Phi) is 6.79. The number of rotatable bonds is 5. The quantitative estimate of drug-likeness (QED) is 0.380. The van der Waals surface area contributed by atoms with E-state index in [1.165, 1.54) is 28.7 Å². The molecule has 5 rings (SSSR count). The minimum atomic E-state index is 0.0792. The standard InChI is InChI=1S/C32H36N2O/c1-3-4-5-10-24(2)23-26-17-18-32(29-14-9-8-12-27(26)29)19-21-34(22-20-32)30-16-15-25-11-6-7-13-28(25)31(35)33-30/h3-5,8-10,12,14-15,17H,2,6-7,11,13,18-23H2,1H3,(H,33,35)/b4-3-,10-5-. The Morgan fingerprint density at radius 1 is 1.17 bits per heavy atom. The van der Waals surface area contributed by atoms with Crippen molar-refractivity contribution in [3.63, 3.8) is 0 Å². The number of likely N-dealkylation sites (tertiary alicyclic amines) is 1. The third-order valence-corrected chi connectivity index (χ3v) is 8.07. The van der Waals surface area contributed by atoms with Gasteiger partial charge in [0, 0.05) is 24.1 Å². The maximum absolute atomic E-state index is 12.9. The summed E-state index contributed by atoms with van der Waals surface area (Å²) in [6.07, 6.45) is 21.0. The van der Waals surface area contributed by atoms with Gasteiger partial charge in [-0.15, -0.1) is 0 Å². The van der Waals surface area contributed by atoms with Crippen LogP contribution in [0.4, 0.5) is 0 Å². The number of benzene rings is 1. The Bertz CT molecular complexity index is 1210. The van der Waals surface area contributed by atoms with Gasteiger partial charge in [-0.25, -0.2) is 0 Å². The minimum absolute atomic E-state index is 0.0792. The lowest BCUT2D eigenvalue weighted by atomic mass is 9.65. The summed E-state index contributed by atoms with van der Waals surface area (Å²) in [7, 11) is 0. The molecule has 2 aliphatic heterocycles. The van der Waals surface area contributed by atoms with E-state index in [4.69, 9.17) is 0 Å². The van der Waals surface area contributed by atoms with E-state index in [0.717, 1.165) is 75.0 Å². The molecule has 1 aromatic rings. The van der Waals surface area contributed by atoms with Crippen molar-refractivity contribution < 1.29 is 4.79 Å². The molecule has 0 unspecified atom stereocenters. The lowest BCUT2D eigenvalue weighted by Crippen LogP contribution is -2.46. The molecule has 1 spiro atoms. The number of nitrogens with zero attached hydrogens (tertiary/aromatic N) is 1. The van der Waals surface area contributed by atoms with E-state index in [-0.39, 0.29) is 11.3 Å². The Hall–Kier alpha value is -3.29.